The Morgan fingerprint density at radius 1 is 0.882 bits per heavy atom. The Kier molecular flexibility index (Phi) is 8.31. The van der Waals surface area contributed by atoms with E-state index in [-0.39, 0.29) is 34.6 Å². The smallest absolute Gasteiger partial charge is 0.207 e. The number of unbranched alkanes of at least 4 members (excludes halogenated alkanes) is 2. The first-order chi connectivity index (χ1) is 16.3. The average Bonchev–Trinajstić information content (AvgIpc) is 2.81. The number of aryl methyl sites for hydroxylation is 1. The molecule has 0 aliphatic heterocycles. The van der Waals surface area contributed by atoms with Crippen molar-refractivity contribution < 1.29 is 32.2 Å². The Morgan fingerprint density at radius 3 is 2.29 bits per heavy atom. The molecule has 0 atom stereocenters. The summed E-state index contributed by atoms with van der Waals surface area (Å²) in [6.45, 7) is 3.84. The first-order valence-electron chi connectivity index (χ1n) is 11.2. The molecule has 0 spiro atoms. The van der Waals surface area contributed by atoms with Crippen LogP contribution in [-0.4, -0.2) is 17.5 Å². The van der Waals surface area contributed by atoms with Crippen LogP contribution in [0.3, 0.4) is 0 Å². The molecule has 7 heteroatoms. The number of halogens is 4. The van der Waals surface area contributed by atoms with Crippen molar-refractivity contribution in [3.05, 3.63) is 82.4 Å². The van der Waals surface area contributed by atoms with E-state index in [2.05, 4.69) is 0 Å². The van der Waals surface area contributed by atoms with E-state index in [1.54, 1.807) is 13.0 Å². The number of Topliss-reactive ketones (excluding diaryl/α,β-unsaturated/α-hetero) is 1. The molecule has 34 heavy (non-hydrogen) atoms. The molecule has 0 aromatic heterocycles. The molecule has 0 radical (unpaired) electrons. The first kappa shape index (κ1) is 25.3. The maximum Gasteiger partial charge on any atom is 0.207 e. The van der Waals surface area contributed by atoms with E-state index < -0.39 is 41.2 Å². The van der Waals surface area contributed by atoms with Crippen LogP contribution in [0, 0.1) is 23.3 Å². The molecule has 0 saturated carbocycles. The van der Waals surface area contributed by atoms with Gasteiger partial charge < -0.3 is 9.84 Å². The zero-order valence-electron chi connectivity index (χ0n) is 19.1. The second-order valence-electron chi connectivity index (χ2n) is 7.97. The number of rotatable bonds is 10. The molecule has 180 valence electrons. The highest BCUT2D eigenvalue weighted by Crippen LogP contribution is 2.32. The van der Waals surface area contributed by atoms with Crippen molar-refractivity contribution in [2.45, 2.75) is 46.0 Å². The number of benzene rings is 3. The van der Waals surface area contributed by atoms with Gasteiger partial charge in [0, 0.05) is 12.0 Å². The maximum atomic E-state index is 14.8. The van der Waals surface area contributed by atoms with Crippen molar-refractivity contribution in [1.29, 1.82) is 0 Å². The molecule has 3 rings (SSSR count). The van der Waals surface area contributed by atoms with Crippen molar-refractivity contribution in [2.75, 3.05) is 6.61 Å². The fraction of sp³-hybridized carbons (Fsp3) is 0.296. The van der Waals surface area contributed by atoms with Gasteiger partial charge in [0.1, 0.15) is 5.82 Å². The Labute approximate surface area is 196 Å². The number of ketones is 1. The molecule has 3 nitrogen and oxygen atoms in total. The van der Waals surface area contributed by atoms with Gasteiger partial charge in [-0.3, -0.25) is 4.79 Å². The Morgan fingerprint density at radius 2 is 1.62 bits per heavy atom. The molecule has 0 amide bonds. The van der Waals surface area contributed by atoms with Gasteiger partial charge in [0.2, 0.25) is 5.82 Å². The van der Waals surface area contributed by atoms with Gasteiger partial charge in [-0.1, -0.05) is 44.0 Å². The van der Waals surface area contributed by atoms with Crippen molar-refractivity contribution in [2.24, 2.45) is 0 Å². The van der Waals surface area contributed by atoms with Gasteiger partial charge in [0.05, 0.1) is 12.2 Å². The molecule has 0 saturated heterocycles. The molecule has 1 N–H and O–H groups in total. The van der Waals surface area contributed by atoms with Crippen molar-refractivity contribution >= 4 is 5.78 Å². The second kappa shape index (κ2) is 11.2. The lowest BCUT2D eigenvalue weighted by molar-refractivity contribution is 0.0988. The van der Waals surface area contributed by atoms with E-state index in [1.165, 1.54) is 36.4 Å². The number of phenols is 1. The predicted molar refractivity (Wildman–Crippen MR) is 122 cm³/mol. The Hall–Kier alpha value is -3.35. The lowest BCUT2D eigenvalue weighted by atomic mass is 9.96. The van der Waals surface area contributed by atoms with Gasteiger partial charge in [-0.25, -0.2) is 13.2 Å². The quantitative estimate of drug-likeness (QED) is 0.192. The summed E-state index contributed by atoms with van der Waals surface area (Å²) in [5.74, 6) is -6.00. The van der Waals surface area contributed by atoms with Gasteiger partial charge in [0.15, 0.2) is 28.9 Å². The van der Waals surface area contributed by atoms with Crippen molar-refractivity contribution in [3.63, 3.8) is 0 Å². The van der Waals surface area contributed by atoms with Crippen LogP contribution >= 0.6 is 0 Å². The van der Waals surface area contributed by atoms with Crippen molar-refractivity contribution in [1.82, 2.24) is 0 Å². The third-order valence-electron chi connectivity index (χ3n) is 5.61. The molecule has 3 aromatic rings. The third kappa shape index (κ3) is 5.41. The van der Waals surface area contributed by atoms with Crippen LogP contribution in [0.1, 0.15) is 54.6 Å². The highest BCUT2D eigenvalue weighted by Gasteiger charge is 2.22. The molecule has 0 aliphatic carbocycles. The molecule has 0 heterocycles. The zero-order chi connectivity index (χ0) is 24.8. The summed E-state index contributed by atoms with van der Waals surface area (Å²) in [5, 5.41) is 10.0. The number of carbonyl (C=O) groups excluding carboxylic acids is 1. The molecule has 3 aromatic carbocycles. The summed E-state index contributed by atoms with van der Waals surface area (Å²) in [6.07, 6.45) is 2.78. The number of hydrogen-bond acceptors (Lipinski definition) is 3. The number of aromatic hydroxyl groups is 1. The van der Waals surface area contributed by atoms with Crippen molar-refractivity contribution in [3.8, 4) is 22.6 Å². The van der Waals surface area contributed by atoms with E-state index in [9.17, 15) is 27.5 Å². The largest absolute Gasteiger partial charge is 0.504 e. The van der Waals surface area contributed by atoms with Crippen LogP contribution in [0.15, 0.2) is 42.5 Å². The van der Waals surface area contributed by atoms with Gasteiger partial charge in [-0.15, -0.1) is 0 Å². The van der Waals surface area contributed by atoms with Crippen LogP contribution in [0.4, 0.5) is 17.6 Å². The molecule has 0 bridgehead atoms. The fourth-order valence-electron chi connectivity index (χ4n) is 3.74. The SMILES string of the molecule is CCCCCc1ccc(-c2ccc(CC(=O)c3ccc(OCC)c(F)c3O)c(F)c2F)cc1F. The number of phenolic OH excluding ortho intramolecular Hbond substituents is 1. The fourth-order valence-corrected chi connectivity index (χ4v) is 3.74. The summed E-state index contributed by atoms with van der Waals surface area (Å²) in [4.78, 5) is 12.6. The normalized spacial score (nSPS) is 11.0. The van der Waals surface area contributed by atoms with E-state index in [0.717, 1.165) is 19.3 Å². The van der Waals surface area contributed by atoms with E-state index >= 15 is 0 Å². The first-order valence-corrected chi connectivity index (χ1v) is 11.2. The zero-order valence-corrected chi connectivity index (χ0v) is 19.1. The van der Waals surface area contributed by atoms with Gasteiger partial charge in [0.25, 0.3) is 0 Å². The number of ether oxygens (including phenoxy) is 1. The molecule has 0 unspecified atom stereocenters. The summed E-state index contributed by atoms with van der Waals surface area (Å²) in [7, 11) is 0. The Balaban J connectivity index is 1.83. The minimum Gasteiger partial charge on any atom is -0.504 e. The summed E-state index contributed by atoms with van der Waals surface area (Å²) in [5.41, 5.74) is -0.0789. The number of carbonyl (C=O) groups is 1. The minimum atomic E-state index is -1.26. The molecule has 0 fully saturated rings. The van der Waals surface area contributed by atoms with Crippen LogP contribution in [0.25, 0.3) is 11.1 Å². The standard InChI is InChI=1S/C27H26F4O3/c1-3-5-6-7-16-8-9-17(14-21(16)28)19-11-10-18(24(29)25(19)30)15-22(32)20-12-13-23(34-4-2)26(31)27(20)33/h8-14,33H,3-7,15H2,1-2H3. The summed E-state index contributed by atoms with van der Waals surface area (Å²) >= 11 is 0. The molecule has 0 aliphatic rings. The lowest BCUT2D eigenvalue weighted by Crippen LogP contribution is -2.08. The minimum absolute atomic E-state index is 0.136. The van der Waals surface area contributed by atoms with Gasteiger partial charge in [-0.2, -0.15) is 4.39 Å². The highest BCUT2D eigenvalue weighted by molar-refractivity contribution is 6.00. The van der Waals surface area contributed by atoms with E-state index in [4.69, 9.17) is 4.74 Å². The van der Waals surface area contributed by atoms with Crippen LogP contribution in [0.5, 0.6) is 11.5 Å². The topological polar surface area (TPSA) is 46.5 Å². The summed E-state index contributed by atoms with van der Waals surface area (Å²) < 4.78 is 63.3. The number of hydrogen-bond donors (Lipinski definition) is 1. The predicted octanol–water partition coefficient (Wildman–Crippen LogP) is 7.17. The van der Waals surface area contributed by atoms with Crippen LogP contribution in [0.2, 0.25) is 0 Å². The van der Waals surface area contributed by atoms with Gasteiger partial charge in [-0.05, 0) is 54.7 Å². The van der Waals surface area contributed by atoms with Gasteiger partial charge >= 0.3 is 0 Å². The highest BCUT2D eigenvalue weighted by atomic mass is 19.2. The third-order valence-corrected chi connectivity index (χ3v) is 5.61. The van der Waals surface area contributed by atoms with Crippen LogP contribution < -0.4 is 4.74 Å². The Bertz CT molecular complexity index is 1190. The van der Waals surface area contributed by atoms with Crippen LogP contribution in [-0.2, 0) is 12.8 Å². The molecular weight excluding hydrogens is 448 g/mol. The second-order valence-corrected chi connectivity index (χ2v) is 7.97. The van der Waals surface area contributed by atoms with E-state index in [0.29, 0.717) is 12.0 Å². The lowest BCUT2D eigenvalue weighted by Gasteiger charge is -2.12. The monoisotopic (exact) mass is 474 g/mol. The summed E-state index contributed by atoms with van der Waals surface area (Å²) in [6, 6.07) is 9.12. The molecular formula is C27H26F4O3. The average molecular weight is 474 g/mol. The maximum absolute atomic E-state index is 14.8. The van der Waals surface area contributed by atoms with E-state index in [1.807, 2.05) is 6.92 Å².